The zero-order chi connectivity index (χ0) is 29.7. The van der Waals surface area contributed by atoms with Gasteiger partial charge in [-0.2, -0.15) is 0 Å². The molecule has 1 heterocycles. The summed E-state index contributed by atoms with van der Waals surface area (Å²) in [6.45, 7) is 4.04. The molecule has 0 bridgehead atoms. The Hall–Kier alpha value is -2.66. The van der Waals surface area contributed by atoms with Crippen LogP contribution in [0.25, 0.3) is 0 Å². The number of hydrogen-bond acceptors (Lipinski definition) is 9. The average molecular weight is 586 g/mol. The number of rotatable bonds is 5. The highest BCUT2D eigenvalue weighted by atomic mass is 35.5. The van der Waals surface area contributed by atoms with Gasteiger partial charge in [0.15, 0.2) is 34.7 Å². The molecule has 0 radical (unpaired) electrons. The van der Waals surface area contributed by atoms with Gasteiger partial charge >= 0.3 is 0 Å². The zero-order valence-electron chi connectivity index (χ0n) is 23.4. The molecular weight excluding hydrogens is 550 g/mol. The van der Waals surface area contributed by atoms with Crippen LogP contribution in [0.3, 0.4) is 0 Å². The molecular formula is C30H36ClN3O7. The molecule has 1 saturated heterocycles. The molecule has 4 fully saturated rings. The number of likely N-dealkylation sites (tertiary alicyclic amines) is 1. The first kappa shape index (κ1) is 28.5. The molecule has 4 aliphatic carbocycles. The molecule has 10 nitrogen and oxygen atoms in total. The van der Waals surface area contributed by atoms with Crippen LogP contribution in [0.2, 0.25) is 5.02 Å². The monoisotopic (exact) mass is 585 g/mol. The summed E-state index contributed by atoms with van der Waals surface area (Å²) < 4.78 is 0. The van der Waals surface area contributed by atoms with Gasteiger partial charge in [0.1, 0.15) is 5.75 Å². The minimum Gasteiger partial charge on any atom is -0.507 e. The lowest BCUT2D eigenvalue weighted by atomic mass is 9.52. The van der Waals surface area contributed by atoms with E-state index in [2.05, 4.69) is 11.8 Å². The van der Waals surface area contributed by atoms with Crippen molar-refractivity contribution >= 4 is 40.6 Å². The minimum atomic E-state index is -2.74. The number of aliphatic hydroxyl groups is 1. The number of nitrogens with two attached hydrogens (primary N) is 1. The number of fused-ring (bicyclic) bond motifs is 3. The minimum absolute atomic E-state index is 0.00114. The summed E-state index contributed by atoms with van der Waals surface area (Å²) in [4.78, 5) is 70.6. The van der Waals surface area contributed by atoms with Gasteiger partial charge in [-0.15, -0.1) is 0 Å². The quantitative estimate of drug-likeness (QED) is 0.433. The number of nitrogens with zero attached hydrogens (tertiary/aromatic N) is 2. The molecule has 6 rings (SSSR count). The maximum atomic E-state index is 14.0. The van der Waals surface area contributed by atoms with E-state index >= 15 is 0 Å². The number of carbonyl (C=O) groups excluding carboxylic acids is 5. The van der Waals surface area contributed by atoms with Crippen molar-refractivity contribution in [3.05, 3.63) is 27.8 Å². The van der Waals surface area contributed by atoms with Gasteiger partial charge in [-0.1, -0.05) is 18.5 Å². The number of amides is 1. The molecule has 41 heavy (non-hydrogen) atoms. The molecule has 4 N–H and O–H groups in total. The van der Waals surface area contributed by atoms with Crippen molar-refractivity contribution in [2.75, 3.05) is 27.2 Å². The predicted octanol–water partition coefficient (Wildman–Crippen LogP) is 1.31. The van der Waals surface area contributed by atoms with E-state index in [4.69, 9.17) is 17.3 Å². The van der Waals surface area contributed by atoms with Crippen LogP contribution in [-0.4, -0.2) is 87.9 Å². The number of primary amides is 1. The Balaban J connectivity index is 1.42. The Labute approximate surface area is 243 Å². The van der Waals surface area contributed by atoms with Crippen molar-refractivity contribution in [3.63, 3.8) is 0 Å². The maximum Gasteiger partial charge on any atom is 0.235 e. The van der Waals surface area contributed by atoms with E-state index in [9.17, 15) is 34.2 Å². The highest BCUT2D eigenvalue weighted by molar-refractivity contribution is 6.35. The third kappa shape index (κ3) is 4.05. The second-order valence-electron chi connectivity index (χ2n) is 13.1. The molecule has 220 valence electrons. The number of ketones is 4. The Kier molecular flexibility index (Phi) is 6.73. The number of carbonyl (C=O) groups is 5. The van der Waals surface area contributed by atoms with E-state index in [0.717, 1.165) is 25.1 Å². The fourth-order valence-electron chi connectivity index (χ4n) is 8.25. The van der Waals surface area contributed by atoms with Crippen LogP contribution in [0, 0.1) is 35.5 Å². The van der Waals surface area contributed by atoms with E-state index in [-0.39, 0.29) is 30.2 Å². The number of phenolic OH excluding ortho intramolecular Hbond substituents is 1. The lowest BCUT2D eigenvalue weighted by molar-refractivity contribution is -0.181. The molecule has 1 aromatic rings. The first-order chi connectivity index (χ1) is 19.3. The summed E-state index contributed by atoms with van der Waals surface area (Å²) >= 11 is 7.05. The summed E-state index contributed by atoms with van der Waals surface area (Å²) in [5.41, 5.74) is 3.79. The molecule has 3 saturated carbocycles. The van der Waals surface area contributed by atoms with Gasteiger partial charge in [0.25, 0.3) is 0 Å². The molecule has 8 unspecified atom stereocenters. The van der Waals surface area contributed by atoms with Gasteiger partial charge in [0, 0.05) is 23.5 Å². The van der Waals surface area contributed by atoms with Crippen molar-refractivity contribution in [3.8, 4) is 5.75 Å². The molecule has 1 aromatic carbocycles. The van der Waals surface area contributed by atoms with Crippen molar-refractivity contribution < 1.29 is 34.2 Å². The van der Waals surface area contributed by atoms with Crippen LogP contribution in [0.1, 0.15) is 60.1 Å². The summed E-state index contributed by atoms with van der Waals surface area (Å²) in [5.74, 6) is -9.61. The Morgan fingerprint density at radius 1 is 1.17 bits per heavy atom. The predicted molar refractivity (Wildman–Crippen MR) is 147 cm³/mol. The zero-order valence-corrected chi connectivity index (χ0v) is 24.2. The number of Topliss-reactive ketones (excluding diaryl/α,β-unsaturated/α-hetero) is 4. The van der Waals surface area contributed by atoms with Crippen molar-refractivity contribution in [1.29, 1.82) is 0 Å². The van der Waals surface area contributed by atoms with E-state index in [0.29, 0.717) is 22.4 Å². The molecule has 5 aliphatic rings. The van der Waals surface area contributed by atoms with E-state index in [1.807, 2.05) is 0 Å². The highest BCUT2D eigenvalue weighted by Gasteiger charge is 2.69. The molecule has 11 heteroatoms. The van der Waals surface area contributed by atoms with Crippen LogP contribution < -0.4 is 5.73 Å². The first-order valence-corrected chi connectivity index (χ1v) is 14.8. The molecule has 1 aliphatic heterocycles. The summed E-state index contributed by atoms with van der Waals surface area (Å²) in [5, 5.41) is 23.3. The largest absolute Gasteiger partial charge is 0.507 e. The smallest absolute Gasteiger partial charge is 0.235 e. The lowest BCUT2D eigenvalue weighted by Crippen LogP contribution is -2.74. The van der Waals surface area contributed by atoms with Crippen molar-refractivity contribution in [1.82, 2.24) is 9.80 Å². The molecule has 1 amide bonds. The number of halogens is 1. The fraction of sp³-hybridized carbons (Fsp3) is 0.633. The third-order valence-electron chi connectivity index (χ3n) is 10.3. The SMILES string of the molecule is CC1CCN(CC2CC2)C1c1cc(O)c2c(c1Cl)CC1CC3C(N(C)C)C(=O)C(C(N)=O)C(=O)C3(O)C(=O)C1C2=O. The summed E-state index contributed by atoms with van der Waals surface area (Å²) in [7, 11) is 3.12. The third-order valence-corrected chi connectivity index (χ3v) is 10.8. The van der Waals surface area contributed by atoms with Crippen LogP contribution in [0.5, 0.6) is 5.75 Å². The highest BCUT2D eigenvalue weighted by Crippen LogP contribution is 2.53. The molecule has 0 aromatic heterocycles. The van der Waals surface area contributed by atoms with Crippen LogP contribution >= 0.6 is 11.6 Å². The topological polar surface area (TPSA) is 158 Å². The Morgan fingerprint density at radius 2 is 1.85 bits per heavy atom. The summed E-state index contributed by atoms with van der Waals surface area (Å²) in [6, 6.07) is 0.386. The van der Waals surface area contributed by atoms with Crippen molar-refractivity contribution in [2.24, 2.45) is 41.2 Å². The van der Waals surface area contributed by atoms with E-state index < -0.39 is 64.4 Å². The summed E-state index contributed by atoms with van der Waals surface area (Å²) in [6.07, 6.45) is 3.57. The normalized spacial score (nSPS) is 37.3. The first-order valence-electron chi connectivity index (χ1n) is 14.4. The second kappa shape index (κ2) is 9.69. The van der Waals surface area contributed by atoms with Gasteiger partial charge in [-0.25, -0.2) is 0 Å². The van der Waals surface area contributed by atoms with Crippen LogP contribution in [0.15, 0.2) is 6.07 Å². The maximum absolute atomic E-state index is 14.0. The number of benzene rings is 1. The van der Waals surface area contributed by atoms with Crippen LogP contribution in [-0.2, 0) is 25.6 Å². The van der Waals surface area contributed by atoms with Crippen LogP contribution in [0.4, 0.5) is 0 Å². The molecule has 8 atom stereocenters. The fourth-order valence-corrected chi connectivity index (χ4v) is 8.59. The van der Waals surface area contributed by atoms with Gasteiger partial charge in [0.05, 0.1) is 17.5 Å². The van der Waals surface area contributed by atoms with Gasteiger partial charge < -0.3 is 15.9 Å². The second-order valence-corrected chi connectivity index (χ2v) is 13.5. The van der Waals surface area contributed by atoms with Gasteiger partial charge in [-0.05, 0) is 87.7 Å². The number of likely N-dealkylation sites (N-methyl/N-ethyl adjacent to an activating group) is 1. The molecule has 0 spiro atoms. The Morgan fingerprint density at radius 3 is 2.46 bits per heavy atom. The standard InChI is InChI=1S/C30H36ClN3O7/c1-12-6-7-34(11-13-4-5-13)23(12)16-10-18(35)20-15(22(16)31)8-14-9-17-24(33(2)3)26(37)21(29(32)40)28(39)30(17,41)27(38)19(14)25(20)36/h10,12-14,17,19,21,23-24,35,41H,4-9,11H2,1-3H3,(H2,32,40). The van der Waals surface area contributed by atoms with Crippen molar-refractivity contribution in [2.45, 2.75) is 56.7 Å². The number of phenols is 1. The lowest BCUT2D eigenvalue weighted by Gasteiger charge is -2.52. The van der Waals surface area contributed by atoms with E-state index in [1.54, 1.807) is 14.1 Å². The van der Waals surface area contributed by atoms with E-state index in [1.165, 1.54) is 23.8 Å². The number of hydrogen-bond donors (Lipinski definition) is 3. The Bertz CT molecular complexity index is 1390. The average Bonchev–Trinajstić information content (AvgIpc) is 3.63. The number of aromatic hydroxyl groups is 1. The van der Waals surface area contributed by atoms with Gasteiger partial charge in [-0.3, -0.25) is 33.8 Å². The van der Waals surface area contributed by atoms with Gasteiger partial charge in [0.2, 0.25) is 5.91 Å².